The van der Waals surface area contributed by atoms with Crippen molar-refractivity contribution in [2.75, 3.05) is 5.32 Å². The summed E-state index contributed by atoms with van der Waals surface area (Å²) >= 11 is 1.38. The van der Waals surface area contributed by atoms with Gasteiger partial charge in [-0.25, -0.2) is 9.97 Å². The summed E-state index contributed by atoms with van der Waals surface area (Å²) in [5.74, 6) is -0.326. The molecule has 5 rings (SSSR count). The van der Waals surface area contributed by atoms with E-state index in [1.165, 1.54) is 17.5 Å². The maximum Gasteiger partial charge on any atom is 0.277 e. The smallest absolute Gasteiger partial charge is 0.277 e. The molecule has 0 radical (unpaired) electrons. The molecule has 0 unspecified atom stereocenters. The summed E-state index contributed by atoms with van der Waals surface area (Å²) in [5.41, 5.74) is 4.58. The maximum absolute atomic E-state index is 12.5. The topological polar surface area (TPSA) is 83.6 Å². The number of fused-ring (bicyclic) bond motifs is 2. The van der Waals surface area contributed by atoms with Gasteiger partial charge in [0, 0.05) is 28.0 Å². The van der Waals surface area contributed by atoms with Crippen molar-refractivity contribution in [1.82, 2.24) is 19.9 Å². The molecule has 6 nitrogen and oxygen atoms in total. The van der Waals surface area contributed by atoms with Crippen LogP contribution in [0.2, 0.25) is 0 Å². The van der Waals surface area contributed by atoms with Crippen LogP contribution in [-0.2, 0) is 0 Å². The molecule has 2 aromatic carbocycles. The number of nitrogens with one attached hydrogen (secondary N) is 2. The number of carbonyl (C=O) groups is 1. The lowest BCUT2D eigenvalue weighted by Crippen LogP contribution is -2.14. The average Bonchev–Trinajstić information content (AvgIpc) is 3.34. The van der Waals surface area contributed by atoms with Gasteiger partial charge in [0.05, 0.1) is 22.9 Å². The maximum atomic E-state index is 12.5. The quantitative estimate of drug-likeness (QED) is 0.489. The highest BCUT2D eigenvalue weighted by molar-refractivity contribution is 7.14. The number of carbonyl (C=O) groups excluding carboxylic acids is 1. The molecule has 1 amide bonds. The number of benzene rings is 2. The van der Waals surface area contributed by atoms with Gasteiger partial charge in [0.25, 0.3) is 5.91 Å². The molecular formula is C20H13N5OS. The number of thiazole rings is 1. The molecule has 0 fully saturated rings. The molecule has 2 N–H and O–H groups in total. The van der Waals surface area contributed by atoms with Crippen molar-refractivity contribution >= 4 is 44.3 Å². The van der Waals surface area contributed by atoms with Crippen LogP contribution in [-0.4, -0.2) is 25.8 Å². The van der Waals surface area contributed by atoms with E-state index in [1.807, 2.05) is 60.1 Å². The minimum absolute atomic E-state index is 0.262. The van der Waals surface area contributed by atoms with Gasteiger partial charge in [-0.1, -0.05) is 30.3 Å². The molecular weight excluding hydrogens is 358 g/mol. The molecule has 0 aliphatic rings. The van der Waals surface area contributed by atoms with Crippen molar-refractivity contribution in [2.24, 2.45) is 0 Å². The Morgan fingerprint density at radius 2 is 1.81 bits per heavy atom. The summed E-state index contributed by atoms with van der Waals surface area (Å²) in [4.78, 5) is 28.9. The molecule has 0 aliphatic carbocycles. The molecule has 7 heteroatoms. The van der Waals surface area contributed by atoms with Gasteiger partial charge >= 0.3 is 0 Å². The number of para-hydroxylation sites is 3. The lowest BCUT2D eigenvalue weighted by atomic mass is 10.1. The van der Waals surface area contributed by atoms with Gasteiger partial charge in [0.15, 0.2) is 5.13 Å². The van der Waals surface area contributed by atoms with Gasteiger partial charge in [-0.15, -0.1) is 11.3 Å². The monoisotopic (exact) mass is 371 g/mol. The van der Waals surface area contributed by atoms with Crippen LogP contribution in [0.4, 0.5) is 5.13 Å². The highest BCUT2D eigenvalue weighted by atomic mass is 32.1. The van der Waals surface area contributed by atoms with Crippen LogP contribution >= 0.6 is 11.3 Å². The summed E-state index contributed by atoms with van der Waals surface area (Å²) < 4.78 is 0. The summed E-state index contributed by atoms with van der Waals surface area (Å²) in [6.07, 6.45) is 3.41. The first-order chi connectivity index (χ1) is 13.3. The van der Waals surface area contributed by atoms with E-state index in [0.717, 1.165) is 27.7 Å². The Bertz CT molecular complexity index is 1290. The Kier molecular flexibility index (Phi) is 3.65. The van der Waals surface area contributed by atoms with Crippen molar-refractivity contribution in [3.8, 4) is 11.3 Å². The Hall–Kier alpha value is -3.58. The van der Waals surface area contributed by atoms with E-state index in [0.29, 0.717) is 10.6 Å². The van der Waals surface area contributed by atoms with Gasteiger partial charge in [-0.05, 0) is 18.2 Å². The lowest BCUT2D eigenvalue weighted by molar-refractivity contribution is 0.102. The third kappa shape index (κ3) is 2.84. The zero-order chi connectivity index (χ0) is 18.2. The Morgan fingerprint density at radius 3 is 2.74 bits per heavy atom. The molecule has 5 aromatic rings. The standard InChI is InChI=1S/C20H13N5OS/c26-19(17-10-22-15-7-3-4-8-16(15)23-17)25-20-24-18(11-27-20)13-9-21-14-6-2-1-5-12(13)14/h1-11,21H,(H,24,25,26). The van der Waals surface area contributed by atoms with Crippen LogP contribution < -0.4 is 5.32 Å². The number of nitrogens with zero attached hydrogens (tertiary/aromatic N) is 3. The molecule has 0 atom stereocenters. The number of aromatic amines is 1. The number of rotatable bonds is 3. The van der Waals surface area contributed by atoms with Crippen molar-refractivity contribution < 1.29 is 4.79 Å². The highest BCUT2D eigenvalue weighted by Crippen LogP contribution is 2.31. The van der Waals surface area contributed by atoms with Gasteiger partial charge in [-0.3, -0.25) is 15.1 Å². The number of hydrogen-bond acceptors (Lipinski definition) is 5. The second-order valence-electron chi connectivity index (χ2n) is 5.98. The molecule has 0 bridgehead atoms. The van der Waals surface area contributed by atoms with Crippen LogP contribution in [0.25, 0.3) is 33.2 Å². The summed E-state index contributed by atoms with van der Waals surface area (Å²) in [6, 6.07) is 15.5. The van der Waals surface area contributed by atoms with E-state index in [2.05, 4.69) is 25.3 Å². The normalized spacial score (nSPS) is 11.1. The molecule has 3 aromatic heterocycles. The number of amides is 1. The number of hydrogen-bond donors (Lipinski definition) is 2. The summed E-state index contributed by atoms with van der Waals surface area (Å²) in [5, 5.41) is 6.36. The number of H-pyrrole nitrogens is 1. The molecule has 27 heavy (non-hydrogen) atoms. The first-order valence-corrected chi connectivity index (χ1v) is 9.21. The largest absolute Gasteiger partial charge is 0.360 e. The zero-order valence-corrected chi connectivity index (χ0v) is 14.8. The third-order valence-corrected chi connectivity index (χ3v) is 5.03. The van der Waals surface area contributed by atoms with E-state index in [1.54, 1.807) is 0 Å². The molecule has 0 spiro atoms. The van der Waals surface area contributed by atoms with Crippen LogP contribution in [0.15, 0.2) is 66.3 Å². The third-order valence-electron chi connectivity index (χ3n) is 4.27. The average molecular weight is 371 g/mol. The lowest BCUT2D eigenvalue weighted by Gasteiger charge is -2.02. The van der Waals surface area contributed by atoms with Crippen molar-refractivity contribution in [2.45, 2.75) is 0 Å². The van der Waals surface area contributed by atoms with E-state index in [9.17, 15) is 4.79 Å². The van der Waals surface area contributed by atoms with E-state index >= 15 is 0 Å². The van der Waals surface area contributed by atoms with Crippen LogP contribution in [0, 0.1) is 0 Å². The number of anilines is 1. The number of aromatic nitrogens is 4. The highest BCUT2D eigenvalue weighted by Gasteiger charge is 2.14. The zero-order valence-electron chi connectivity index (χ0n) is 14.0. The Balaban J connectivity index is 1.42. The first kappa shape index (κ1) is 15.7. The predicted molar refractivity (Wildman–Crippen MR) is 107 cm³/mol. The van der Waals surface area contributed by atoms with Crippen LogP contribution in [0.3, 0.4) is 0 Å². The van der Waals surface area contributed by atoms with Crippen LogP contribution in [0.1, 0.15) is 10.5 Å². The van der Waals surface area contributed by atoms with Crippen molar-refractivity contribution in [1.29, 1.82) is 0 Å². The van der Waals surface area contributed by atoms with E-state index in [4.69, 9.17) is 0 Å². The summed E-state index contributed by atoms with van der Waals surface area (Å²) in [6.45, 7) is 0. The second-order valence-corrected chi connectivity index (χ2v) is 6.84. The minimum atomic E-state index is -0.326. The predicted octanol–water partition coefficient (Wildman–Crippen LogP) is 4.49. The van der Waals surface area contributed by atoms with Gasteiger partial charge < -0.3 is 4.98 Å². The van der Waals surface area contributed by atoms with Crippen molar-refractivity contribution in [3.05, 3.63) is 72.0 Å². The fourth-order valence-corrected chi connectivity index (χ4v) is 3.67. The van der Waals surface area contributed by atoms with Crippen LogP contribution in [0.5, 0.6) is 0 Å². The molecule has 130 valence electrons. The molecule has 0 saturated heterocycles. The van der Waals surface area contributed by atoms with Gasteiger partial charge in [0.2, 0.25) is 0 Å². The minimum Gasteiger partial charge on any atom is -0.360 e. The molecule has 0 saturated carbocycles. The summed E-state index contributed by atoms with van der Waals surface area (Å²) in [7, 11) is 0. The van der Waals surface area contributed by atoms with E-state index in [-0.39, 0.29) is 11.6 Å². The molecule has 0 aliphatic heterocycles. The van der Waals surface area contributed by atoms with Crippen molar-refractivity contribution in [3.63, 3.8) is 0 Å². The second kappa shape index (κ2) is 6.30. The fourth-order valence-electron chi connectivity index (χ4n) is 2.97. The van der Waals surface area contributed by atoms with E-state index < -0.39 is 0 Å². The Morgan fingerprint density at radius 1 is 1.00 bits per heavy atom. The Labute approximate surface area is 157 Å². The molecule has 3 heterocycles. The SMILES string of the molecule is O=C(Nc1nc(-c2c[nH]c3ccccc23)cs1)c1cnc2ccccc2n1. The van der Waals surface area contributed by atoms with Gasteiger partial charge in [0.1, 0.15) is 5.69 Å². The van der Waals surface area contributed by atoms with Gasteiger partial charge in [-0.2, -0.15) is 0 Å². The first-order valence-electron chi connectivity index (χ1n) is 8.33. The fraction of sp³-hybridized carbons (Fsp3) is 0.